The van der Waals surface area contributed by atoms with E-state index >= 15 is 0 Å². The highest BCUT2D eigenvalue weighted by Gasteiger charge is 2.08. The van der Waals surface area contributed by atoms with Crippen molar-refractivity contribution in [2.45, 2.75) is 27.4 Å². The summed E-state index contributed by atoms with van der Waals surface area (Å²) in [6.07, 6.45) is 0. The lowest BCUT2D eigenvalue weighted by molar-refractivity contribution is 0.289. The Morgan fingerprint density at radius 3 is 2.30 bits per heavy atom. The Morgan fingerprint density at radius 2 is 1.75 bits per heavy atom. The van der Waals surface area contributed by atoms with Gasteiger partial charge in [0.15, 0.2) is 11.6 Å². The molecule has 0 aromatic heterocycles. The standard InChI is InChI=1S/C17H16FNO/c1-11-6-12(2)15(13(3)7-11)10-20-17-5-4-14(9-19)8-16(17)18/h4-8H,10H2,1-3H3. The molecule has 0 saturated carbocycles. The third kappa shape index (κ3) is 2.97. The predicted octanol–water partition coefficient (Wildman–Crippen LogP) is 4.20. The van der Waals surface area contributed by atoms with Gasteiger partial charge in [0.05, 0.1) is 11.6 Å². The zero-order valence-corrected chi connectivity index (χ0v) is 11.8. The van der Waals surface area contributed by atoms with E-state index in [9.17, 15) is 4.39 Å². The maximum Gasteiger partial charge on any atom is 0.166 e. The van der Waals surface area contributed by atoms with Crippen molar-refractivity contribution in [3.8, 4) is 11.8 Å². The number of hydrogen-bond acceptors (Lipinski definition) is 2. The van der Waals surface area contributed by atoms with Crippen LogP contribution in [0.3, 0.4) is 0 Å². The molecular formula is C17H16FNO. The second-order valence-electron chi connectivity index (χ2n) is 4.92. The Hall–Kier alpha value is -2.34. The average Bonchev–Trinajstić information content (AvgIpc) is 2.39. The Morgan fingerprint density at radius 1 is 1.10 bits per heavy atom. The topological polar surface area (TPSA) is 33.0 Å². The minimum atomic E-state index is -0.508. The fourth-order valence-corrected chi connectivity index (χ4v) is 2.27. The van der Waals surface area contributed by atoms with Crippen LogP contribution in [0.2, 0.25) is 0 Å². The van der Waals surface area contributed by atoms with Crippen molar-refractivity contribution in [3.63, 3.8) is 0 Å². The first kappa shape index (κ1) is 14.1. The van der Waals surface area contributed by atoms with Gasteiger partial charge in [0.1, 0.15) is 6.61 Å². The van der Waals surface area contributed by atoms with E-state index in [4.69, 9.17) is 10.00 Å². The molecule has 0 N–H and O–H groups in total. The van der Waals surface area contributed by atoms with Gasteiger partial charge in [-0.3, -0.25) is 0 Å². The summed E-state index contributed by atoms with van der Waals surface area (Å²) in [5.41, 5.74) is 4.83. The van der Waals surface area contributed by atoms with Gasteiger partial charge in [-0.25, -0.2) is 4.39 Å². The van der Waals surface area contributed by atoms with Crippen molar-refractivity contribution in [2.75, 3.05) is 0 Å². The van der Waals surface area contributed by atoms with Crippen LogP contribution < -0.4 is 4.74 Å². The van der Waals surface area contributed by atoms with Crippen LogP contribution in [0.15, 0.2) is 30.3 Å². The number of hydrogen-bond donors (Lipinski definition) is 0. The Balaban J connectivity index is 2.20. The molecule has 0 heterocycles. The van der Waals surface area contributed by atoms with Crippen LogP contribution in [0, 0.1) is 37.9 Å². The first-order valence-electron chi connectivity index (χ1n) is 6.40. The molecule has 2 rings (SSSR count). The quantitative estimate of drug-likeness (QED) is 0.836. The van der Waals surface area contributed by atoms with E-state index in [1.165, 1.54) is 17.7 Å². The molecule has 2 aromatic rings. The Bertz CT molecular complexity index is 663. The molecule has 2 aromatic carbocycles. The van der Waals surface area contributed by atoms with Gasteiger partial charge in [0.2, 0.25) is 0 Å². The molecule has 0 fully saturated rings. The van der Waals surface area contributed by atoms with Gasteiger partial charge in [-0.15, -0.1) is 0 Å². The molecular weight excluding hydrogens is 253 g/mol. The maximum atomic E-state index is 13.7. The normalized spacial score (nSPS) is 10.2. The SMILES string of the molecule is Cc1cc(C)c(COc2ccc(C#N)cc2F)c(C)c1. The second kappa shape index (κ2) is 5.75. The van der Waals surface area contributed by atoms with E-state index in [0.717, 1.165) is 16.7 Å². The number of ether oxygens (including phenoxy) is 1. The van der Waals surface area contributed by atoms with Crippen molar-refractivity contribution >= 4 is 0 Å². The molecule has 2 nitrogen and oxygen atoms in total. The lowest BCUT2D eigenvalue weighted by Gasteiger charge is -2.13. The summed E-state index contributed by atoms with van der Waals surface area (Å²) in [5, 5.41) is 8.70. The minimum Gasteiger partial charge on any atom is -0.486 e. The van der Waals surface area contributed by atoms with Crippen LogP contribution in [0.25, 0.3) is 0 Å². The third-order valence-electron chi connectivity index (χ3n) is 3.27. The molecule has 0 spiro atoms. The summed E-state index contributed by atoms with van der Waals surface area (Å²) >= 11 is 0. The number of nitrogens with zero attached hydrogens (tertiary/aromatic N) is 1. The van der Waals surface area contributed by atoms with Crippen LogP contribution in [-0.2, 0) is 6.61 Å². The fourth-order valence-electron chi connectivity index (χ4n) is 2.27. The third-order valence-corrected chi connectivity index (χ3v) is 3.27. The van der Waals surface area contributed by atoms with E-state index < -0.39 is 5.82 Å². The molecule has 0 aliphatic rings. The molecule has 0 radical (unpaired) electrons. The minimum absolute atomic E-state index is 0.170. The van der Waals surface area contributed by atoms with Crippen molar-refractivity contribution < 1.29 is 9.13 Å². The number of nitriles is 1. The van der Waals surface area contributed by atoms with Crippen molar-refractivity contribution in [3.05, 3.63) is 64.0 Å². The first-order chi connectivity index (χ1) is 9.51. The van der Waals surface area contributed by atoms with Gasteiger partial charge >= 0.3 is 0 Å². The van der Waals surface area contributed by atoms with Gasteiger partial charge in [0, 0.05) is 0 Å². The molecule has 102 valence electrons. The predicted molar refractivity (Wildman–Crippen MR) is 76.1 cm³/mol. The molecule has 0 amide bonds. The molecule has 0 bridgehead atoms. The summed E-state index contributed by atoms with van der Waals surface area (Å²) in [5.74, 6) is -0.338. The maximum absolute atomic E-state index is 13.7. The molecule has 0 atom stereocenters. The van der Waals surface area contributed by atoms with E-state index in [1.54, 1.807) is 6.07 Å². The molecule has 3 heteroatoms. The van der Waals surface area contributed by atoms with Gasteiger partial charge < -0.3 is 4.74 Å². The van der Waals surface area contributed by atoms with Crippen molar-refractivity contribution in [2.24, 2.45) is 0 Å². The highest BCUT2D eigenvalue weighted by Crippen LogP contribution is 2.22. The van der Waals surface area contributed by atoms with Crippen molar-refractivity contribution in [1.82, 2.24) is 0 Å². The zero-order valence-electron chi connectivity index (χ0n) is 11.8. The van der Waals surface area contributed by atoms with Crippen LogP contribution in [0.1, 0.15) is 27.8 Å². The largest absolute Gasteiger partial charge is 0.486 e. The summed E-state index contributed by atoms with van der Waals surface area (Å²) < 4.78 is 19.3. The summed E-state index contributed by atoms with van der Waals surface area (Å²) in [6, 6.07) is 10.3. The monoisotopic (exact) mass is 269 g/mol. The highest BCUT2D eigenvalue weighted by molar-refractivity contribution is 5.39. The Labute approximate surface area is 118 Å². The van der Waals surface area contributed by atoms with Gasteiger partial charge in [-0.2, -0.15) is 5.26 Å². The van der Waals surface area contributed by atoms with Gasteiger partial charge in [0.25, 0.3) is 0 Å². The van der Waals surface area contributed by atoms with E-state index in [0.29, 0.717) is 6.61 Å². The van der Waals surface area contributed by atoms with Crippen LogP contribution in [0.5, 0.6) is 5.75 Å². The average molecular weight is 269 g/mol. The molecule has 0 aliphatic carbocycles. The van der Waals surface area contributed by atoms with E-state index in [-0.39, 0.29) is 11.3 Å². The highest BCUT2D eigenvalue weighted by atomic mass is 19.1. The summed E-state index contributed by atoms with van der Waals surface area (Å²) in [4.78, 5) is 0. The molecule has 0 unspecified atom stereocenters. The molecule has 20 heavy (non-hydrogen) atoms. The first-order valence-corrected chi connectivity index (χ1v) is 6.40. The van der Waals surface area contributed by atoms with Crippen LogP contribution in [-0.4, -0.2) is 0 Å². The van der Waals surface area contributed by atoms with E-state index in [2.05, 4.69) is 12.1 Å². The second-order valence-corrected chi connectivity index (χ2v) is 4.92. The molecule has 0 aliphatic heterocycles. The van der Waals surface area contributed by atoms with Gasteiger partial charge in [-0.05, 0) is 55.7 Å². The lowest BCUT2D eigenvalue weighted by atomic mass is 10.0. The number of halogens is 1. The summed E-state index contributed by atoms with van der Waals surface area (Å²) in [6.45, 7) is 6.41. The number of rotatable bonds is 3. The summed E-state index contributed by atoms with van der Waals surface area (Å²) in [7, 11) is 0. The van der Waals surface area contributed by atoms with Crippen molar-refractivity contribution in [1.29, 1.82) is 5.26 Å². The fraction of sp³-hybridized carbons (Fsp3) is 0.235. The number of benzene rings is 2. The van der Waals surface area contributed by atoms with Crippen LogP contribution in [0.4, 0.5) is 4.39 Å². The van der Waals surface area contributed by atoms with E-state index in [1.807, 2.05) is 26.8 Å². The zero-order chi connectivity index (χ0) is 14.7. The van der Waals surface area contributed by atoms with Crippen LogP contribution >= 0.6 is 0 Å². The lowest BCUT2D eigenvalue weighted by Crippen LogP contribution is -2.02. The number of aryl methyl sites for hydroxylation is 3. The molecule has 0 saturated heterocycles. The van der Waals surface area contributed by atoms with Gasteiger partial charge in [-0.1, -0.05) is 17.7 Å². The Kier molecular flexibility index (Phi) is 4.05. The smallest absolute Gasteiger partial charge is 0.166 e.